The van der Waals surface area contributed by atoms with Gasteiger partial charge < -0.3 is 14.8 Å². The zero-order chi connectivity index (χ0) is 17.1. The number of ether oxygens (including phenoxy) is 2. The number of nitrogens with one attached hydrogen (secondary N) is 1. The van der Waals surface area contributed by atoms with Crippen molar-refractivity contribution < 1.29 is 23.5 Å². The maximum absolute atomic E-state index is 14.4. The van der Waals surface area contributed by atoms with Crippen LogP contribution >= 0.6 is 0 Å². The molecule has 0 aliphatic carbocycles. The van der Waals surface area contributed by atoms with E-state index in [0.717, 1.165) is 12.8 Å². The van der Waals surface area contributed by atoms with E-state index < -0.39 is 18.0 Å². The minimum atomic E-state index is -0.550. The number of nitrogens with zero attached hydrogens (tertiary/aromatic N) is 1. The number of rotatable bonds is 4. The van der Waals surface area contributed by atoms with Crippen LogP contribution in [0, 0.1) is 5.82 Å². The molecule has 1 fully saturated rings. The molecule has 2 aliphatic heterocycles. The molecule has 0 unspecified atom stereocenters. The molecule has 1 atom stereocenters. The van der Waals surface area contributed by atoms with Gasteiger partial charge in [-0.05, 0) is 37.1 Å². The number of anilines is 1. The summed E-state index contributed by atoms with van der Waals surface area (Å²) in [7, 11) is 0. The maximum atomic E-state index is 14.4. The molecule has 24 heavy (non-hydrogen) atoms. The van der Waals surface area contributed by atoms with Gasteiger partial charge in [0.25, 0.3) is 0 Å². The molecular weight excluding hydrogens is 315 g/mol. The van der Waals surface area contributed by atoms with Crippen molar-refractivity contribution in [3.63, 3.8) is 0 Å². The predicted molar refractivity (Wildman–Crippen MR) is 85.9 cm³/mol. The topological polar surface area (TPSA) is 67.9 Å². The molecule has 2 aliphatic rings. The highest BCUT2D eigenvalue weighted by Crippen LogP contribution is 2.29. The summed E-state index contributed by atoms with van der Waals surface area (Å²) in [5, 5.41) is 2.60. The van der Waals surface area contributed by atoms with Crippen LogP contribution in [0.1, 0.15) is 25.3 Å². The summed E-state index contributed by atoms with van der Waals surface area (Å²) in [5.41, 5.74) is 0.809. The van der Waals surface area contributed by atoms with E-state index in [4.69, 9.17) is 9.47 Å². The molecule has 3 rings (SSSR count). The molecule has 0 spiro atoms. The molecule has 7 heteroatoms. The molecule has 1 aromatic carbocycles. The first-order valence-electron chi connectivity index (χ1n) is 7.90. The monoisotopic (exact) mass is 334 g/mol. The Balaban J connectivity index is 1.73. The fourth-order valence-electron chi connectivity index (χ4n) is 2.71. The zero-order valence-corrected chi connectivity index (χ0v) is 13.4. The summed E-state index contributed by atoms with van der Waals surface area (Å²) in [6, 6.07) is 4.58. The standard InChI is InChI=1S/C17H19FN2O4/c1-11(21)19-9-13-10-20(17(22)24-13)12-5-6-14(15(18)8-12)16-4-2-3-7-23-16/h4-6,8,13H,2-3,7,9-10H2,1H3,(H,19,21)/t13-/m0/s1. The lowest BCUT2D eigenvalue weighted by Crippen LogP contribution is -2.33. The molecule has 0 aromatic heterocycles. The van der Waals surface area contributed by atoms with Gasteiger partial charge in [0.2, 0.25) is 5.91 Å². The molecule has 0 saturated carbocycles. The summed E-state index contributed by atoms with van der Waals surface area (Å²) in [6.45, 7) is 2.47. The van der Waals surface area contributed by atoms with Crippen LogP contribution in [0.3, 0.4) is 0 Å². The Kier molecular flexibility index (Phi) is 4.69. The molecule has 0 bridgehead atoms. The van der Waals surface area contributed by atoms with Crippen molar-refractivity contribution in [1.29, 1.82) is 0 Å². The summed E-state index contributed by atoms with van der Waals surface area (Å²) >= 11 is 0. The lowest BCUT2D eigenvalue weighted by molar-refractivity contribution is -0.119. The van der Waals surface area contributed by atoms with Crippen molar-refractivity contribution in [3.8, 4) is 0 Å². The number of hydrogen-bond acceptors (Lipinski definition) is 4. The Morgan fingerprint density at radius 3 is 2.96 bits per heavy atom. The number of carbonyl (C=O) groups excluding carboxylic acids is 2. The number of halogens is 1. The van der Waals surface area contributed by atoms with E-state index in [9.17, 15) is 14.0 Å². The van der Waals surface area contributed by atoms with E-state index >= 15 is 0 Å². The largest absolute Gasteiger partial charge is 0.493 e. The van der Waals surface area contributed by atoms with Crippen LogP contribution in [-0.2, 0) is 14.3 Å². The fraction of sp³-hybridized carbons (Fsp3) is 0.412. The maximum Gasteiger partial charge on any atom is 0.414 e. The van der Waals surface area contributed by atoms with E-state index in [1.165, 1.54) is 17.9 Å². The van der Waals surface area contributed by atoms with Crippen molar-refractivity contribution in [1.82, 2.24) is 5.32 Å². The zero-order valence-electron chi connectivity index (χ0n) is 13.4. The number of hydrogen-bond donors (Lipinski definition) is 1. The van der Waals surface area contributed by atoms with Crippen molar-refractivity contribution in [2.75, 3.05) is 24.6 Å². The SMILES string of the molecule is CC(=O)NC[C@H]1CN(c2ccc(C3=CCCCO3)c(F)c2)C(=O)O1. The van der Waals surface area contributed by atoms with Gasteiger partial charge in [-0.2, -0.15) is 0 Å². The molecule has 2 amide bonds. The van der Waals surface area contributed by atoms with Gasteiger partial charge >= 0.3 is 6.09 Å². The van der Waals surface area contributed by atoms with Crippen LogP contribution in [-0.4, -0.2) is 37.8 Å². The molecule has 1 N–H and O–H groups in total. The van der Waals surface area contributed by atoms with Crippen LogP contribution in [0.15, 0.2) is 24.3 Å². The van der Waals surface area contributed by atoms with E-state index in [-0.39, 0.29) is 19.0 Å². The second-order valence-electron chi connectivity index (χ2n) is 5.78. The highest BCUT2D eigenvalue weighted by atomic mass is 19.1. The average molecular weight is 334 g/mol. The Bertz CT molecular complexity index is 689. The number of carbonyl (C=O) groups is 2. The van der Waals surface area contributed by atoms with Crippen LogP contribution in [0.25, 0.3) is 5.76 Å². The Hall–Kier alpha value is -2.57. The van der Waals surface area contributed by atoms with Gasteiger partial charge in [0, 0.05) is 6.92 Å². The van der Waals surface area contributed by atoms with Crippen molar-refractivity contribution >= 4 is 23.4 Å². The summed E-state index contributed by atoms with van der Waals surface area (Å²) in [6.07, 6.45) is 2.66. The van der Waals surface area contributed by atoms with Gasteiger partial charge in [-0.15, -0.1) is 0 Å². The van der Waals surface area contributed by atoms with Crippen LogP contribution < -0.4 is 10.2 Å². The summed E-state index contributed by atoms with van der Waals surface area (Å²) in [4.78, 5) is 24.3. The van der Waals surface area contributed by atoms with E-state index in [2.05, 4.69) is 5.32 Å². The molecule has 1 aromatic rings. The lowest BCUT2D eigenvalue weighted by atomic mass is 10.1. The first-order chi connectivity index (χ1) is 11.5. The van der Waals surface area contributed by atoms with Gasteiger partial charge in [-0.25, -0.2) is 9.18 Å². The van der Waals surface area contributed by atoms with Crippen molar-refractivity contribution in [2.45, 2.75) is 25.9 Å². The highest BCUT2D eigenvalue weighted by Gasteiger charge is 2.32. The first kappa shape index (κ1) is 16.3. The third kappa shape index (κ3) is 3.50. The molecule has 128 valence electrons. The van der Waals surface area contributed by atoms with E-state index in [0.29, 0.717) is 23.6 Å². The second-order valence-corrected chi connectivity index (χ2v) is 5.78. The van der Waals surface area contributed by atoms with Gasteiger partial charge in [-0.1, -0.05) is 0 Å². The molecule has 1 saturated heterocycles. The predicted octanol–water partition coefficient (Wildman–Crippen LogP) is 2.44. The third-order valence-corrected chi connectivity index (χ3v) is 3.92. The third-order valence-electron chi connectivity index (χ3n) is 3.92. The van der Waals surface area contributed by atoms with Crippen LogP contribution in [0.5, 0.6) is 0 Å². The Morgan fingerprint density at radius 2 is 2.29 bits per heavy atom. The molecule has 2 heterocycles. The Morgan fingerprint density at radius 1 is 1.46 bits per heavy atom. The highest BCUT2D eigenvalue weighted by molar-refractivity contribution is 5.90. The van der Waals surface area contributed by atoms with Crippen molar-refractivity contribution in [2.24, 2.45) is 0 Å². The normalized spacial score (nSPS) is 20.2. The minimum Gasteiger partial charge on any atom is -0.493 e. The summed E-state index contributed by atoms with van der Waals surface area (Å²) < 4.78 is 25.1. The second kappa shape index (κ2) is 6.90. The quantitative estimate of drug-likeness (QED) is 0.918. The number of benzene rings is 1. The molecular formula is C17H19FN2O4. The smallest absolute Gasteiger partial charge is 0.414 e. The van der Waals surface area contributed by atoms with E-state index in [1.54, 1.807) is 12.1 Å². The van der Waals surface area contributed by atoms with Gasteiger partial charge in [-0.3, -0.25) is 9.69 Å². The van der Waals surface area contributed by atoms with Gasteiger partial charge in [0.1, 0.15) is 17.7 Å². The lowest BCUT2D eigenvalue weighted by Gasteiger charge is -2.18. The molecule has 0 radical (unpaired) electrons. The Labute approximate surface area is 139 Å². The van der Waals surface area contributed by atoms with Gasteiger partial charge in [0.05, 0.1) is 30.9 Å². The number of amides is 2. The fourth-order valence-corrected chi connectivity index (χ4v) is 2.71. The first-order valence-corrected chi connectivity index (χ1v) is 7.90. The van der Waals surface area contributed by atoms with Crippen LogP contribution in [0.4, 0.5) is 14.9 Å². The van der Waals surface area contributed by atoms with Crippen LogP contribution in [0.2, 0.25) is 0 Å². The minimum absolute atomic E-state index is 0.194. The molecule has 6 nitrogen and oxygen atoms in total. The average Bonchev–Trinajstić information content (AvgIpc) is 2.94. The van der Waals surface area contributed by atoms with Crippen molar-refractivity contribution in [3.05, 3.63) is 35.7 Å². The van der Waals surface area contributed by atoms with E-state index in [1.807, 2.05) is 6.08 Å². The van der Waals surface area contributed by atoms with Gasteiger partial charge in [0.15, 0.2) is 0 Å². The number of allylic oxidation sites excluding steroid dienone is 1. The number of cyclic esters (lactones) is 1. The summed E-state index contributed by atoms with van der Waals surface area (Å²) in [5.74, 6) is -0.0998.